The summed E-state index contributed by atoms with van der Waals surface area (Å²) in [6.45, 7) is 0.463. The van der Waals surface area contributed by atoms with Crippen LogP contribution in [-0.2, 0) is 11.3 Å². The third-order valence-corrected chi connectivity index (χ3v) is 2.86. The number of methoxy groups -OCH3 is 1. The minimum atomic E-state index is -1.19. The van der Waals surface area contributed by atoms with Gasteiger partial charge in [0.1, 0.15) is 17.7 Å². The highest BCUT2D eigenvalue weighted by atomic mass is 19.1. The normalized spacial score (nSPS) is 12.4. The Morgan fingerprint density at radius 2 is 1.79 bits per heavy atom. The zero-order valence-corrected chi connectivity index (χ0v) is 10.4. The molecule has 0 aliphatic carbocycles. The molecule has 0 amide bonds. The van der Waals surface area contributed by atoms with Crippen molar-refractivity contribution in [3.63, 3.8) is 0 Å². The smallest absolute Gasteiger partial charge is 0.129 e. The van der Waals surface area contributed by atoms with Crippen molar-refractivity contribution in [1.29, 1.82) is 0 Å². The van der Waals surface area contributed by atoms with Gasteiger partial charge in [-0.1, -0.05) is 24.3 Å². The first kappa shape index (κ1) is 13.6. The summed E-state index contributed by atoms with van der Waals surface area (Å²) in [6.07, 6.45) is -1.19. The van der Waals surface area contributed by atoms with E-state index in [1.807, 2.05) is 0 Å². The maximum absolute atomic E-state index is 13.6. The third-order valence-electron chi connectivity index (χ3n) is 2.86. The van der Waals surface area contributed by atoms with Gasteiger partial charge in [0.05, 0.1) is 6.61 Å². The fourth-order valence-corrected chi connectivity index (χ4v) is 1.87. The first-order valence-electron chi connectivity index (χ1n) is 5.82. The molecule has 0 aromatic heterocycles. The fraction of sp³-hybridized carbons (Fsp3) is 0.200. The van der Waals surface area contributed by atoms with Crippen LogP contribution >= 0.6 is 0 Å². The fourth-order valence-electron chi connectivity index (χ4n) is 1.87. The molecule has 1 N–H and O–H groups in total. The topological polar surface area (TPSA) is 29.5 Å². The van der Waals surface area contributed by atoms with Crippen LogP contribution in [0.3, 0.4) is 0 Å². The van der Waals surface area contributed by atoms with Gasteiger partial charge in [0.15, 0.2) is 0 Å². The highest BCUT2D eigenvalue weighted by Crippen LogP contribution is 2.25. The van der Waals surface area contributed by atoms with Crippen LogP contribution in [0, 0.1) is 11.6 Å². The molecule has 4 heteroatoms. The standard InChI is InChI=1S/C15H14F2O2/c1-19-9-10-2-4-11(5-3-10)15(18)13-8-12(16)6-7-14(13)17/h2-8,15,18H,9H2,1H3. The maximum Gasteiger partial charge on any atom is 0.129 e. The first-order chi connectivity index (χ1) is 9.11. The SMILES string of the molecule is COCc1ccc(C(O)c2cc(F)ccc2F)cc1. The highest BCUT2D eigenvalue weighted by molar-refractivity contribution is 5.32. The van der Waals surface area contributed by atoms with E-state index in [9.17, 15) is 13.9 Å². The molecule has 2 aromatic rings. The maximum atomic E-state index is 13.6. The Kier molecular flexibility index (Phi) is 4.24. The van der Waals surface area contributed by atoms with Crippen molar-refractivity contribution in [3.8, 4) is 0 Å². The number of ether oxygens (including phenoxy) is 1. The lowest BCUT2D eigenvalue weighted by atomic mass is 10.00. The van der Waals surface area contributed by atoms with Crippen LogP contribution in [0.15, 0.2) is 42.5 Å². The molecule has 0 aliphatic rings. The second-order valence-electron chi connectivity index (χ2n) is 4.24. The Hall–Kier alpha value is -1.78. The summed E-state index contributed by atoms with van der Waals surface area (Å²) in [5.74, 6) is -1.21. The van der Waals surface area contributed by atoms with Crippen LogP contribution in [0.5, 0.6) is 0 Å². The molecule has 0 heterocycles. The van der Waals surface area contributed by atoms with Crippen LogP contribution in [0.2, 0.25) is 0 Å². The van der Waals surface area contributed by atoms with Crippen molar-refractivity contribution in [2.45, 2.75) is 12.7 Å². The summed E-state index contributed by atoms with van der Waals surface area (Å²) in [7, 11) is 1.59. The average Bonchev–Trinajstić information content (AvgIpc) is 2.42. The van der Waals surface area contributed by atoms with Crippen molar-refractivity contribution in [1.82, 2.24) is 0 Å². The van der Waals surface area contributed by atoms with Crippen LogP contribution in [0.1, 0.15) is 22.8 Å². The van der Waals surface area contributed by atoms with E-state index in [0.29, 0.717) is 12.2 Å². The molecule has 0 saturated carbocycles. The van der Waals surface area contributed by atoms with Gasteiger partial charge in [0, 0.05) is 12.7 Å². The van der Waals surface area contributed by atoms with E-state index >= 15 is 0 Å². The number of aliphatic hydroxyl groups excluding tert-OH is 1. The number of hydrogen-bond acceptors (Lipinski definition) is 2. The van der Waals surface area contributed by atoms with Crippen LogP contribution in [0.25, 0.3) is 0 Å². The van der Waals surface area contributed by atoms with Crippen LogP contribution < -0.4 is 0 Å². The lowest BCUT2D eigenvalue weighted by Crippen LogP contribution is -2.03. The van der Waals surface area contributed by atoms with Gasteiger partial charge >= 0.3 is 0 Å². The molecule has 2 nitrogen and oxygen atoms in total. The third kappa shape index (κ3) is 3.16. The van der Waals surface area contributed by atoms with E-state index in [1.54, 1.807) is 31.4 Å². The minimum absolute atomic E-state index is 0.0699. The molecule has 0 spiro atoms. The Labute approximate surface area is 110 Å². The van der Waals surface area contributed by atoms with E-state index in [-0.39, 0.29) is 5.56 Å². The van der Waals surface area contributed by atoms with Gasteiger partial charge in [0.2, 0.25) is 0 Å². The van der Waals surface area contributed by atoms with Crippen molar-refractivity contribution >= 4 is 0 Å². The summed E-state index contributed by atoms with van der Waals surface area (Å²) >= 11 is 0. The molecule has 2 aromatic carbocycles. The van der Waals surface area contributed by atoms with Gasteiger partial charge in [-0.05, 0) is 29.3 Å². The lowest BCUT2D eigenvalue weighted by Gasteiger charge is -2.13. The van der Waals surface area contributed by atoms with Crippen molar-refractivity contribution in [3.05, 3.63) is 70.8 Å². The molecule has 100 valence electrons. The predicted octanol–water partition coefficient (Wildman–Crippen LogP) is 3.19. The summed E-state index contributed by atoms with van der Waals surface area (Å²) in [6, 6.07) is 9.93. The first-order valence-corrected chi connectivity index (χ1v) is 5.82. The van der Waals surface area contributed by atoms with Crippen molar-refractivity contribution < 1.29 is 18.6 Å². The van der Waals surface area contributed by atoms with Gasteiger partial charge < -0.3 is 9.84 Å². The predicted molar refractivity (Wildman–Crippen MR) is 67.6 cm³/mol. The quantitative estimate of drug-likeness (QED) is 0.919. The summed E-state index contributed by atoms with van der Waals surface area (Å²) < 4.78 is 31.6. The van der Waals surface area contributed by atoms with Crippen molar-refractivity contribution in [2.24, 2.45) is 0 Å². The second kappa shape index (κ2) is 5.91. The molecule has 2 rings (SSSR count). The van der Waals surface area contributed by atoms with Crippen molar-refractivity contribution in [2.75, 3.05) is 7.11 Å². The Morgan fingerprint density at radius 1 is 1.11 bits per heavy atom. The molecule has 0 saturated heterocycles. The van der Waals surface area contributed by atoms with Gasteiger partial charge in [-0.2, -0.15) is 0 Å². The van der Waals surface area contributed by atoms with E-state index in [2.05, 4.69) is 0 Å². The molecule has 0 aliphatic heterocycles. The molecule has 1 unspecified atom stereocenters. The van der Waals surface area contributed by atoms with Gasteiger partial charge in [-0.25, -0.2) is 8.78 Å². The minimum Gasteiger partial charge on any atom is -0.384 e. The molecule has 1 atom stereocenters. The van der Waals surface area contributed by atoms with E-state index < -0.39 is 17.7 Å². The molecule has 0 radical (unpaired) electrons. The van der Waals surface area contributed by atoms with E-state index in [1.165, 1.54) is 0 Å². The lowest BCUT2D eigenvalue weighted by molar-refractivity contribution is 0.184. The summed E-state index contributed by atoms with van der Waals surface area (Å²) in [5.41, 5.74) is 1.38. The largest absolute Gasteiger partial charge is 0.384 e. The Morgan fingerprint density at radius 3 is 2.42 bits per heavy atom. The summed E-state index contributed by atoms with van der Waals surface area (Å²) in [4.78, 5) is 0. The molecule has 0 fully saturated rings. The molecular formula is C15H14F2O2. The zero-order chi connectivity index (χ0) is 13.8. The monoisotopic (exact) mass is 264 g/mol. The van der Waals surface area contributed by atoms with Gasteiger partial charge in [-0.15, -0.1) is 0 Å². The Bertz CT molecular complexity index is 553. The highest BCUT2D eigenvalue weighted by Gasteiger charge is 2.15. The van der Waals surface area contributed by atoms with E-state index in [0.717, 1.165) is 23.8 Å². The second-order valence-corrected chi connectivity index (χ2v) is 4.24. The number of halogens is 2. The molecule has 0 bridgehead atoms. The number of hydrogen-bond donors (Lipinski definition) is 1. The van der Waals surface area contributed by atoms with E-state index in [4.69, 9.17) is 4.74 Å². The average molecular weight is 264 g/mol. The number of aliphatic hydroxyl groups is 1. The zero-order valence-electron chi connectivity index (χ0n) is 10.4. The van der Waals surface area contributed by atoms with Crippen LogP contribution in [-0.4, -0.2) is 12.2 Å². The number of benzene rings is 2. The summed E-state index contributed by atoms with van der Waals surface area (Å²) in [5, 5.41) is 10.1. The number of rotatable bonds is 4. The Balaban J connectivity index is 2.27. The molecular weight excluding hydrogens is 250 g/mol. The molecule has 19 heavy (non-hydrogen) atoms. The van der Waals surface area contributed by atoms with Gasteiger partial charge in [-0.3, -0.25) is 0 Å². The van der Waals surface area contributed by atoms with Gasteiger partial charge in [0.25, 0.3) is 0 Å². The van der Waals surface area contributed by atoms with Crippen LogP contribution in [0.4, 0.5) is 8.78 Å².